The van der Waals surface area contributed by atoms with Crippen molar-refractivity contribution in [2.24, 2.45) is 5.41 Å². The first kappa shape index (κ1) is 26.4. The van der Waals surface area contributed by atoms with Crippen LogP contribution in [0.4, 0.5) is 0 Å². The molecule has 0 heterocycles. The lowest BCUT2D eigenvalue weighted by atomic mass is 9.90. The van der Waals surface area contributed by atoms with E-state index in [0.717, 1.165) is 36.8 Å². The van der Waals surface area contributed by atoms with E-state index in [1.165, 1.54) is 0 Å². The fraction of sp³-hybridized carbons (Fsp3) is 0.654. The second kappa shape index (κ2) is 11.7. The van der Waals surface area contributed by atoms with Crippen molar-refractivity contribution in [2.75, 3.05) is 13.2 Å². The number of carbonyl (C=O) groups is 1. The van der Waals surface area contributed by atoms with Crippen LogP contribution < -0.4 is 0 Å². The summed E-state index contributed by atoms with van der Waals surface area (Å²) in [7, 11) is 0. The molecule has 1 rings (SSSR count). The zero-order valence-electron chi connectivity index (χ0n) is 20.2. The zero-order valence-corrected chi connectivity index (χ0v) is 20.2. The smallest absolute Gasteiger partial charge is 0.316 e. The Kier molecular flexibility index (Phi) is 10.3. The van der Waals surface area contributed by atoms with Crippen LogP contribution in [0.25, 0.3) is 6.08 Å². The lowest BCUT2D eigenvalue weighted by molar-refractivity contribution is -0.177. The number of hydrogen-bond donors (Lipinski definition) is 0. The van der Waals surface area contributed by atoms with Gasteiger partial charge in [-0.3, -0.25) is 4.79 Å². The van der Waals surface area contributed by atoms with Crippen LogP contribution in [-0.4, -0.2) is 30.4 Å². The molecule has 1 aromatic rings. The Morgan fingerprint density at radius 2 is 1.30 bits per heavy atom. The van der Waals surface area contributed by atoms with Gasteiger partial charge >= 0.3 is 5.97 Å². The van der Waals surface area contributed by atoms with Crippen molar-refractivity contribution < 1.29 is 19.0 Å². The summed E-state index contributed by atoms with van der Waals surface area (Å²) in [4.78, 5) is 13.2. The van der Waals surface area contributed by atoms with E-state index in [9.17, 15) is 4.79 Å². The first-order valence-corrected chi connectivity index (χ1v) is 11.3. The monoisotopic (exact) mass is 418 g/mol. The molecule has 30 heavy (non-hydrogen) atoms. The lowest BCUT2D eigenvalue weighted by Gasteiger charge is -2.36. The van der Waals surface area contributed by atoms with Crippen molar-refractivity contribution in [3.05, 3.63) is 42.0 Å². The molecule has 0 amide bonds. The van der Waals surface area contributed by atoms with Gasteiger partial charge in [0.1, 0.15) is 12.0 Å². The highest BCUT2D eigenvalue weighted by Crippen LogP contribution is 2.30. The van der Waals surface area contributed by atoms with Gasteiger partial charge in [-0.25, -0.2) is 0 Å². The fourth-order valence-corrected chi connectivity index (χ4v) is 2.81. The molecule has 0 N–H and O–H groups in total. The van der Waals surface area contributed by atoms with Crippen LogP contribution in [0.3, 0.4) is 0 Å². The molecule has 0 saturated heterocycles. The second-order valence-corrected chi connectivity index (χ2v) is 8.97. The summed E-state index contributed by atoms with van der Waals surface area (Å²) in [6, 6.07) is 7.82. The zero-order chi connectivity index (χ0) is 22.8. The second-order valence-electron chi connectivity index (χ2n) is 8.97. The Hall–Kier alpha value is -1.65. The van der Waals surface area contributed by atoms with Gasteiger partial charge in [0.25, 0.3) is 0 Å². The molecule has 0 radical (unpaired) electrons. The van der Waals surface area contributed by atoms with Gasteiger partial charge in [0.05, 0.1) is 24.4 Å². The van der Waals surface area contributed by atoms with Crippen LogP contribution in [-0.2, 0) is 25.6 Å². The minimum Gasteiger partial charge on any atom is -0.460 e. The van der Waals surface area contributed by atoms with E-state index in [1.54, 1.807) is 6.08 Å². The highest BCUT2D eigenvalue weighted by Gasteiger charge is 2.40. The predicted octanol–water partition coefficient (Wildman–Crippen LogP) is 6.57. The SMILES string of the molecule is C=Cc1ccc(COC(=O)C(C)(COC(C)(CC)CC)COC(C)(CC)CC)cc1. The molecule has 4 nitrogen and oxygen atoms in total. The minimum absolute atomic E-state index is 0.226. The van der Waals surface area contributed by atoms with E-state index in [4.69, 9.17) is 14.2 Å². The third-order valence-electron chi connectivity index (χ3n) is 6.55. The number of ether oxygens (including phenoxy) is 3. The van der Waals surface area contributed by atoms with Crippen LogP contribution >= 0.6 is 0 Å². The molecular formula is C26H42O4. The van der Waals surface area contributed by atoms with Crippen molar-refractivity contribution in [3.63, 3.8) is 0 Å². The molecule has 170 valence electrons. The van der Waals surface area contributed by atoms with Crippen LogP contribution in [0.5, 0.6) is 0 Å². The molecule has 0 aliphatic rings. The lowest BCUT2D eigenvalue weighted by Crippen LogP contribution is -2.44. The van der Waals surface area contributed by atoms with Gasteiger partial charge in [0.15, 0.2) is 0 Å². The highest BCUT2D eigenvalue weighted by molar-refractivity contribution is 5.76. The first-order valence-electron chi connectivity index (χ1n) is 11.3. The summed E-state index contributed by atoms with van der Waals surface area (Å²) in [6.07, 6.45) is 5.32. The van der Waals surface area contributed by atoms with Gasteiger partial charge in [-0.15, -0.1) is 0 Å². The topological polar surface area (TPSA) is 44.8 Å². The van der Waals surface area contributed by atoms with Gasteiger partial charge < -0.3 is 14.2 Å². The Morgan fingerprint density at radius 1 is 0.867 bits per heavy atom. The van der Waals surface area contributed by atoms with Crippen LogP contribution in [0.2, 0.25) is 0 Å². The minimum atomic E-state index is -0.877. The summed E-state index contributed by atoms with van der Waals surface area (Å²) < 4.78 is 18.2. The number of esters is 1. The molecule has 0 spiro atoms. The molecular weight excluding hydrogens is 376 g/mol. The number of hydrogen-bond acceptors (Lipinski definition) is 4. The van der Waals surface area contributed by atoms with Gasteiger partial charge in [-0.1, -0.05) is 64.6 Å². The van der Waals surface area contributed by atoms with Crippen LogP contribution in [0.15, 0.2) is 30.8 Å². The Labute approximate surface area is 184 Å². The maximum Gasteiger partial charge on any atom is 0.316 e. The average molecular weight is 419 g/mol. The van der Waals surface area contributed by atoms with Crippen molar-refractivity contribution in [3.8, 4) is 0 Å². The Balaban J connectivity index is 2.92. The molecule has 1 aromatic carbocycles. The van der Waals surface area contributed by atoms with Gasteiger partial charge in [0, 0.05) is 0 Å². The number of rotatable bonds is 14. The average Bonchev–Trinajstić information content (AvgIpc) is 2.79. The standard InChI is InChI=1S/C26H42O4/c1-9-21-14-16-22(17-15-21)18-28-23(27)24(6,19-29-25(7,10-2)11-3)20-30-26(8,12-4)13-5/h9,14-17H,1,10-13,18-20H2,2-8H3. The summed E-state index contributed by atoms with van der Waals surface area (Å²) in [5.74, 6) is -0.292. The third kappa shape index (κ3) is 7.55. The highest BCUT2D eigenvalue weighted by atomic mass is 16.6. The van der Waals surface area contributed by atoms with E-state index in [2.05, 4.69) is 48.1 Å². The van der Waals surface area contributed by atoms with E-state index >= 15 is 0 Å². The van der Waals surface area contributed by atoms with Crippen molar-refractivity contribution in [2.45, 2.75) is 92.0 Å². The molecule has 0 atom stereocenters. The molecule has 0 aliphatic carbocycles. The molecule has 0 aromatic heterocycles. The van der Waals surface area contributed by atoms with Crippen LogP contribution in [0.1, 0.15) is 85.3 Å². The quantitative estimate of drug-likeness (QED) is 0.321. The number of carbonyl (C=O) groups excluding carboxylic acids is 1. The Bertz CT molecular complexity index is 632. The van der Waals surface area contributed by atoms with E-state index in [1.807, 2.05) is 31.2 Å². The van der Waals surface area contributed by atoms with Crippen molar-refractivity contribution in [1.82, 2.24) is 0 Å². The largest absolute Gasteiger partial charge is 0.460 e. The summed E-state index contributed by atoms with van der Waals surface area (Å²) in [6.45, 7) is 19.0. The van der Waals surface area contributed by atoms with E-state index in [-0.39, 0.29) is 37.0 Å². The summed E-state index contributed by atoms with van der Waals surface area (Å²) >= 11 is 0. The Morgan fingerprint density at radius 3 is 1.67 bits per heavy atom. The van der Waals surface area contributed by atoms with Gasteiger partial charge in [0.2, 0.25) is 0 Å². The first-order chi connectivity index (χ1) is 14.1. The van der Waals surface area contributed by atoms with Gasteiger partial charge in [-0.05, 0) is 57.6 Å². The summed E-state index contributed by atoms with van der Waals surface area (Å²) in [5, 5.41) is 0. The predicted molar refractivity (Wildman–Crippen MR) is 124 cm³/mol. The number of benzene rings is 1. The molecule has 0 saturated carbocycles. The van der Waals surface area contributed by atoms with E-state index < -0.39 is 5.41 Å². The third-order valence-corrected chi connectivity index (χ3v) is 6.55. The van der Waals surface area contributed by atoms with Crippen molar-refractivity contribution >= 4 is 12.0 Å². The van der Waals surface area contributed by atoms with Crippen molar-refractivity contribution in [1.29, 1.82) is 0 Å². The molecule has 0 aliphatic heterocycles. The summed E-state index contributed by atoms with van der Waals surface area (Å²) in [5.41, 5.74) is 0.575. The maximum atomic E-state index is 13.2. The molecule has 0 fully saturated rings. The maximum absolute atomic E-state index is 13.2. The van der Waals surface area contributed by atoms with E-state index in [0.29, 0.717) is 0 Å². The molecule has 0 bridgehead atoms. The van der Waals surface area contributed by atoms with Gasteiger partial charge in [-0.2, -0.15) is 0 Å². The molecule has 4 heteroatoms. The molecule has 0 unspecified atom stereocenters. The fourth-order valence-electron chi connectivity index (χ4n) is 2.81. The normalized spacial score (nSPS) is 12.6. The van der Waals surface area contributed by atoms with Crippen LogP contribution in [0, 0.1) is 5.41 Å².